The molecule has 0 aliphatic carbocycles. The number of hydrogen-bond acceptors (Lipinski definition) is 5. The molecule has 7 heteroatoms. The fourth-order valence-corrected chi connectivity index (χ4v) is 3.75. The highest BCUT2D eigenvalue weighted by molar-refractivity contribution is 5.89. The van der Waals surface area contributed by atoms with Gasteiger partial charge in [-0.25, -0.2) is 9.78 Å². The Morgan fingerprint density at radius 2 is 1.68 bits per heavy atom. The lowest BCUT2D eigenvalue weighted by molar-refractivity contribution is 0.208. The Kier molecular flexibility index (Phi) is 5.32. The smallest absolute Gasteiger partial charge is 0.321 e. The quantitative estimate of drug-likeness (QED) is 0.887. The first kappa shape index (κ1) is 18.5. The van der Waals surface area contributed by atoms with Crippen LogP contribution in [0.3, 0.4) is 0 Å². The third-order valence-corrected chi connectivity index (χ3v) is 5.67. The molecule has 0 saturated carbocycles. The first-order valence-electron chi connectivity index (χ1n) is 10.1. The minimum Gasteiger partial charge on any atom is -0.353 e. The van der Waals surface area contributed by atoms with Gasteiger partial charge in [0.2, 0.25) is 5.95 Å². The summed E-state index contributed by atoms with van der Waals surface area (Å²) in [5.41, 5.74) is 3.26. The Hall–Kier alpha value is -2.83. The predicted molar refractivity (Wildman–Crippen MR) is 112 cm³/mol. The van der Waals surface area contributed by atoms with Crippen LogP contribution in [0, 0.1) is 13.8 Å². The van der Waals surface area contributed by atoms with Crippen LogP contribution in [-0.4, -0.2) is 60.2 Å². The van der Waals surface area contributed by atoms with Crippen molar-refractivity contribution in [1.82, 2.24) is 14.9 Å². The van der Waals surface area contributed by atoms with Gasteiger partial charge in [0.1, 0.15) is 5.82 Å². The maximum absolute atomic E-state index is 12.6. The number of urea groups is 1. The number of aromatic nitrogens is 2. The molecule has 0 unspecified atom stereocenters. The van der Waals surface area contributed by atoms with Crippen LogP contribution in [-0.2, 0) is 0 Å². The van der Waals surface area contributed by atoms with Crippen LogP contribution in [0.1, 0.15) is 24.0 Å². The van der Waals surface area contributed by atoms with Crippen LogP contribution in [0.15, 0.2) is 30.5 Å². The average molecular weight is 380 g/mol. The SMILES string of the molecule is Cc1ccc(NC(=O)N2CCN(c3ccnc(N4CCCC4)n3)CC2)cc1C. The van der Waals surface area contributed by atoms with E-state index in [0.717, 1.165) is 43.6 Å². The van der Waals surface area contributed by atoms with Crippen molar-refractivity contribution in [3.8, 4) is 0 Å². The molecule has 2 fully saturated rings. The molecule has 0 bridgehead atoms. The molecular formula is C21H28N6O. The summed E-state index contributed by atoms with van der Waals surface area (Å²) >= 11 is 0. The van der Waals surface area contributed by atoms with Crippen molar-refractivity contribution in [2.24, 2.45) is 0 Å². The van der Waals surface area contributed by atoms with Crippen LogP contribution in [0.5, 0.6) is 0 Å². The largest absolute Gasteiger partial charge is 0.353 e. The third kappa shape index (κ3) is 4.03. The van der Waals surface area contributed by atoms with Gasteiger partial charge in [-0.1, -0.05) is 6.07 Å². The molecule has 1 N–H and O–H groups in total. The second-order valence-corrected chi connectivity index (χ2v) is 7.61. The number of amides is 2. The van der Waals surface area contributed by atoms with Gasteiger partial charge in [-0.05, 0) is 56.0 Å². The van der Waals surface area contributed by atoms with Gasteiger partial charge in [-0.2, -0.15) is 4.98 Å². The average Bonchev–Trinajstić information content (AvgIpc) is 3.26. The van der Waals surface area contributed by atoms with Gasteiger partial charge in [0.05, 0.1) is 0 Å². The molecule has 2 aliphatic rings. The molecule has 0 radical (unpaired) electrons. The number of nitrogens with zero attached hydrogens (tertiary/aromatic N) is 5. The van der Waals surface area contributed by atoms with E-state index in [9.17, 15) is 4.79 Å². The summed E-state index contributed by atoms with van der Waals surface area (Å²) in [5.74, 6) is 1.77. The summed E-state index contributed by atoms with van der Waals surface area (Å²) in [4.78, 5) is 28.1. The third-order valence-electron chi connectivity index (χ3n) is 5.67. The standard InChI is InChI=1S/C21H28N6O/c1-16-5-6-18(15-17(16)2)23-21(28)27-13-11-25(12-14-27)19-7-8-22-20(24-19)26-9-3-4-10-26/h5-8,15H,3-4,9-14H2,1-2H3,(H,23,28). The molecule has 2 aliphatic heterocycles. The van der Waals surface area contributed by atoms with Gasteiger partial charge < -0.3 is 20.0 Å². The van der Waals surface area contributed by atoms with E-state index in [4.69, 9.17) is 4.98 Å². The lowest BCUT2D eigenvalue weighted by atomic mass is 10.1. The molecule has 2 amide bonds. The van der Waals surface area contributed by atoms with Crippen LogP contribution in [0.4, 0.5) is 22.2 Å². The fourth-order valence-electron chi connectivity index (χ4n) is 3.75. The van der Waals surface area contributed by atoms with Gasteiger partial charge in [0.25, 0.3) is 0 Å². The van der Waals surface area contributed by atoms with Crippen molar-refractivity contribution in [2.75, 3.05) is 54.4 Å². The molecule has 7 nitrogen and oxygen atoms in total. The minimum absolute atomic E-state index is 0.0386. The van der Waals surface area contributed by atoms with Gasteiger partial charge in [-0.3, -0.25) is 0 Å². The Morgan fingerprint density at radius 3 is 2.39 bits per heavy atom. The first-order valence-corrected chi connectivity index (χ1v) is 10.1. The van der Waals surface area contributed by atoms with Crippen molar-refractivity contribution >= 4 is 23.5 Å². The van der Waals surface area contributed by atoms with Crippen LogP contribution < -0.4 is 15.1 Å². The van der Waals surface area contributed by atoms with E-state index < -0.39 is 0 Å². The number of benzene rings is 1. The van der Waals surface area contributed by atoms with E-state index in [1.165, 1.54) is 24.0 Å². The Labute approximate surface area is 166 Å². The molecule has 1 aromatic carbocycles. The molecule has 1 aromatic heterocycles. The van der Waals surface area contributed by atoms with Gasteiger partial charge >= 0.3 is 6.03 Å². The molecule has 28 heavy (non-hydrogen) atoms. The molecule has 0 atom stereocenters. The lowest BCUT2D eigenvalue weighted by Crippen LogP contribution is -2.50. The normalized spacial score (nSPS) is 17.1. The van der Waals surface area contributed by atoms with E-state index >= 15 is 0 Å². The van der Waals surface area contributed by atoms with Crippen LogP contribution in [0.25, 0.3) is 0 Å². The molecule has 2 saturated heterocycles. The summed E-state index contributed by atoms with van der Waals surface area (Å²) in [5, 5.41) is 3.02. The second kappa shape index (κ2) is 8.04. The Bertz CT molecular complexity index is 841. The number of anilines is 3. The van der Waals surface area contributed by atoms with Crippen molar-refractivity contribution in [1.29, 1.82) is 0 Å². The Balaban J connectivity index is 1.34. The predicted octanol–water partition coefficient (Wildman–Crippen LogP) is 3.05. The Morgan fingerprint density at radius 1 is 0.929 bits per heavy atom. The summed E-state index contributed by atoms with van der Waals surface area (Å²) in [6, 6.07) is 7.94. The molecular weight excluding hydrogens is 352 g/mol. The number of aryl methyl sites for hydroxylation is 2. The van der Waals surface area contributed by atoms with E-state index in [-0.39, 0.29) is 6.03 Å². The maximum atomic E-state index is 12.6. The van der Waals surface area contributed by atoms with E-state index in [0.29, 0.717) is 13.1 Å². The number of carbonyl (C=O) groups is 1. The van der Waals surface area contributed by atoms with Gasteiger partial charge in [0, 0.05) is 51.2 Å². The number of nitrogens with one attached hydrogen (secondary N) is 1. The van der Waals surface area contributed by atoms with Crippen LogP contribution in [0.2, 0.25) is 0 Å². The van der Waals surface area contributed by atoms with E-state index in [2.05, 4.69) is 33.9 Å². The molecule has 148 valence electrons. The topological polar surface area (TPSA) is 64.6 Å². The number of carbonyl (C=O) groups excluding carboxylic acids is 1. The summed E-state index contributed by atoms with van der Waals surface area (Å²) in [6.07, 6.45) is 4.26. The van der Waals surface area contributed by atoms with Gasteiger partial charge in [-0.15, -0.1) is 0 Å². The zero-order valence-electron chi connectivity index (χ0n) is 16.7. The van der Waals surface area contributed by atoms with Crippen molar-refractivity contribution < 1.29 is 4.79 Å². The van der Waals surface area contributed by atoms with Crippen LogP contribution >= 0.6 is 0 Å². The van der Waals surface area contributed by atoms with Crippen molar-refractivity contribution in [2.45, 2.75) is 26.7 Å². The lowest BCUT2D eigenvalue weighted by Gasteiger charge is -2.35. The number of hydrogen-bond donors (Lipinski definition) is 1. The zero-order valence-corrected chi connectivity index (χ0v) is 16.7. The molecule has 3 heterocycles. The molecule has 4 rings (SSSR count). The van der Waals surface area contributed by atoms with E-state index in [1.54, 1.807) is 0 Å². The number of piperazine rings is 1. The highest BCUT2D eigenvalue weighted by atomic mass is 16.2. The van der Waals surface area contributed by atoms with Gasteiger partial charge in [0.15, 0.2) is 0 Å². The molecule has 0 spiro atoms. The maximum Gasteiger partial charge on any atom is 0.321 e. The van der Waals surface area contributed by atoms with Crippen molar-refractivity contribution in [3.05, 3.63) is 41.6 Å². The first-order chi connectivity index (χ1) is 13.6. The summed E-state index contributed by atoms with van der Waals surface area (Å²) in [6.45, 7) is 9.11. The van der Waals surface area contributed by atoms with E-state index in [1.807, 2.05) is 35.4 Å². The fraction of sp³-hybridized carbons (Fsp3) is 0.476. The second-order valence-electron chi connectivity index (χ2n) is 7.61. The van der Waals surface area contributed by atoms with Crippen molar-refractivity contribution in [3.63, 3.8) is 0 Å². The zero-order chi connectivity index (χ0) is 19.5. The summed E-state index contributed by atoms with van der Waals surface area (Å²) < 4.78 is 0. The highest BCUT2D eigenvalue weighted by Crippen LogP contribution is 2.20. The highest BCUT2D eigenvalue weighted by Gasteiger charge is 2.23. The number of rotatable bonds is 3. The monoisotopic (exact) mass is 380 g/mol. The minimum atomic E-state index is -0.0386. The molecule has 2 aromatic rings. The summed E-state index contributed by atoms with van der Waals surface area (Å²) in [7, 11) is 0.